The maximum atomic E-state index is 13.4. The van der Waals surface area contributed by atoms with Gasteiger partial charge in [-0.15, -0.1) is 0 Å². The lowest BCUT2D eigenvalue weighted by Gasteiger charge is -2.35. The van der Waals surface area contributed by atoms with Crippen molar-refractivity contribution in [2.75, 3.05) is 20.2 Å². The number of fused-ring (bicyclic) bond motifs is 1. The molecule has 3 fully saturated rings. The van der Waals surface area contributed by atoms with Crippen LogP contribution in [0.25, 0.3) is 0 Å². The zero-order valence-electron chi connectivity index (χ0n) is 20.6. The van der Waals surface area contributed by atoms with Gasteiger partial charge in [0.05, 0.1) is 12.2 Å². The Hall–Kier alpha value is -2.88. The van der Waals surface area contributed by atoms with E-state index in [1.165, 1.54) is 18.9 Å². The number of piperidine rings is 2. The first kappa shape index (κ1) is 27.7. The summed E-state index contributed by atoms with van der Waals surface area (Å²) in [5.74, 6) is -4.73. The number of alkyl halides is 3. The van der Waals surface area contributed by atoms with E-state index in [0.717, 1.165) is 6.42 Å². The first-order valence-electron chi connectivity index (χ1n) is 11.9. The number of halogens is 3. The molecule has 1 saturated carbocycles. The minimum absolute atomic E-state index is 0.0707. The van der Waals surface area contributed by atoms with Gasteiger partial charge in [-0.3, -0.25) is 19.2 Å². The van der Waals surface area contributed by atoms with Gasteiger partial charge < -0.3 is 25.6 Å². The molecule has 13 heteroatoms. The number of hydrogen-bond acceptors (Lipinski definition) is 6. The molecule has 0 unspecified atom stereocenters. The Morgan fingerprint density at radius 2 is 1.97 bits per heavy atom. The van der Waals surface area contributed by atoms with E-state index in [1.807, 2.05) is 19.9 Å². The zero-order chi connectivity index (χ0) is 27.0. The van der Waals surface area contributed by atoms with E-state index in [2.05, 4.69) is 10.6 Å². The van der Waals surface area contributed by atoms with Crippen molar-refractivity contribution < 1.29 is 37.1 Å². The molecular formula is C23H32F3N5O5. The maximum Gasteiger partial charge on any atom is 0.471 e. The SMILES string of the molecule is CO[C@H](C)[C@H](NC(=O)C(F)(F)F)C(=O)N1C[C@H]2[C@@H]([C@H]1C(=O)N[C@H](C#N)C[C@@H]1CCCNC1=O)C2(C)C. The molecule has 4 amide bonds. The molecule has 0 spiro atoms. The third-order valence-corrected chi connectivity index (χ3v) is 7.80. The summed E-state index contributed by atoms with van der Waals surface area (Å²) < 4.78 is 43.7. The van der Waals surface area contributed by atoms with Gasteiger partial charge in [0.2, 0.25) is 17.7 Å². The summed E-state index contributed by atoms with van der Waals surface area (Å²) in [4.78, 5) is 51.6. The van der Waals surface area contributed by atoms with Crippen molar-refractivity contribution >= 4 is 23.6 Å². The monoisotopic (exact) mass is 515 g/mol. The molecule has 7 atom stereocenters. The van der Waals surface area contributed by atoms with Crippen LogP contribution in [0, 0.1) is 34.5 Å². The minimum Gasteiger partial charge on any atom is -0.379 e. The van der Waals surface area contributed by atoms with Gasteiger partial charge in [0.15, 0.2) is 0 Å². The van der Waals surface area contributed by atoms with Gasteiger partial charge in [-0.2, -0.15) is 18.4 Å². The molecule has 36 heavy (non-hydrogen) atoms. The zero-order valence-corrected chi connectivity index (χ0v) is 20.6. The molecule has 0 aromatic carbocycles. The highest BCUT2D eigenvalue weighted by molar-refractivity contribution is 5.95. The number of rotatable bonds is 8. The molecule has 200 valence electrons. The third kappa shape index (κ3) is 5.43. The summed E-state index contributed by atoms with van der Waals surface area (Å²) in [7, 11) is 1.19. The molecule has 3 aliphatic rings. The second-order valence-electron chi connectivity index (χ2n) is 10.3. The molecule has 10 nitrogen and oxygen atoms in total. The second-order valence-corrected chi connectivity index (χ2v) is 10.3. The number of nitriles is 1. The minimum atomic E-state index is -5.21. The van der Waals surface area contributed by atoms with Crippen LogP contribution in [-0.2, 0) is 23.9 Å². The molecule has 2 heterocycles. The van der Waals surface area contributed by atoms with Crippen LogP contribution in [0.3, 0.4) is 0 Å². The summed E-state index contributed by atoms with van der Waals surface area (Å²) >= 11 is 0. The molecule has 0 radical (unpaired) electrons. The number of amides is 4. The Morgan fingerprint density at radius 3 is 2.53 bits per heavy atom. The molecule has 3 N–H and O–H groups in total. The highest BCUT2D eigenvalue weighted by Crippen LogP contribution is 2.65. The van der Waals surface area contributed by atoms with Gasteiger partial charge >= 0.3 is 12.1 Å². The van der Waals surface area contributed by atoms with Gasteiger partial charge in [-0.1, -0.05) is 13.8 Å². The lowest BCUT2D eigenvalue weighted by Crippen LogP contribution is -2.60. The predicted molar refractivity (Wildman–Crippen MR) is 119 cm³/mol. The Balaban J connectivity index is 1.79. The van der Waals surface area contributed by atoms with Crippen LogP contribution in [0.2, 0.25) is 0 Å². The van der Waals surface area contributed by atoms with Crippen molar-refractivity contribution in [1.29, 1.82) is 5.26 Å². The summed E-state index contributed by atoms with van der Waals surface area (Å²) in [6.45, 7) is 5.88. The molecular weight excluding hydrogens is 483 g/mol. The van der Waals surface area contributed by atoms with E-state index in [9.17, 15) is 37.6 Å². The Bertz CT molecular complexity index is 949. The lowest BCUT2D eigenvalue weighted by atomic mass is 9.91. The number of likely N-dealkylation sites (tertiary alicyclic amines) is 1. The molecule has 0 bridgehead atoms. The van der Waals surface area contributed by atoms with Crippen LogP contribution in [-0.4, -0.2) is 79.1 Å². The average molecular weight is 516 g/mol. The van der Waals surface area contributed by atoms with Crippen molar-refractivity contribution in [3.63, 3.8) is 0 Å². The molecule has 2 saturated heterocycles. The number of methoxy groups -OCH3 is 1. The van der Waals surface area contributed by atoms with E-state index in [-0.39, 0.29) is 36.1 Å². The van der Waals surface area contributed by atoms with Crippen LogP contribution in [0.1, 0.15) is 40.0 Å². The summed E-state index contributed by atoms with van der Waals surface area (Å²) in [5, 5.41) is 16.7. The normalized spacial score (nSPS) is 29.2. The van der Waals surface area contributed by atoms with Crippen LogP contribution in [0.4, 0.5) is 13.2 Å². The van der Waals surface area contributed by atoms with Crippen LogP contribution in [0.15, 0.2) is 0 Å². The number of nitrogens with one attached hydrogen (secondary N) is 3. The first-order valence-corrected chi connectivity index (χ1v) is 11.9. The fraction of sp³-hybridized carbons (Fsp3) is 0.783. The van der Waals surface area contributed by atoms with E-state index in [4.69, 9.17) is 4.74 Å². The number of hydrogen-bond donors (Lipinski definition) is 3. The number of nitrogens with zero attached hydrogens (tertiary/aromatic N) is 2. The van der Waals surface area contributed by atoms with Crippen LogP contribution >= 0.6 is 0 Å². The summed E-state index contributed by atoms with van der Waals surface area (Å²) in [5.41, 5.74) is -0.290. The second kappa shape index (κ2) is 10.2. The Morgan fingerprint density at radius 1 is 1.31 bits per heavy atom. The van der Waals surface area contributed by atoms with E-state index in [0.29, 0.717) is 13.0 Å². The molecule has 2 aliphatic heterocycles. The van der Waals surface area contributed by atoms with Crippen LogP contribution in [0.5, 0.6) is 0 Å². The van der Waals surface area contributed by atoms with E-state index in [1.54, 1.807) is 5.32 Å². The highest BCUT2D eigenvalue weighted by atomic mass is 19.4. The highest BCUT2D eigenvalue weighted by Gasteiger charge is 2.69. The molecule has 3 rings (SSSR count). The standard InChI is InChI=1S/C23H32F3N5O5/c1-11(36-4)16(30-21(35)23(24,25)26)20(34)31-10-14-15(22(14,2)3)17(31)19(33)29-13(9-27)8-12-6-5-7-28-18(12)32/h11-17H,5-8,10H2,1-4H3,(H,28,32)(H,29,33)(H,30,35)/t11-,12+,13+,14+,15+,16+,17+/m1/s1. The number of ether oxygens (including phenoxy) is 1. The predicted octanol–water partition coefficient (Wildman–Crippen LogP) is 0.476. The van der Waals surface area contributed by atoms with Crippen molar-refractivity contribution in [3.05, 3.63) is 0 Å². The van der Waals surface area contributed by atoms with Gasteiger partial charge in [0.25, 0.3) is 0 Å². The van der Waals surface area contributed by atoms with E-state index < -0.39 is 54.0 Å². The van der Waals surface area contributed by atoms with Crippen LogP contribution < -0.4 is 16.0 Å². The van der Waals surface area contributed by atoms with Gasteiger partial charge in [-0.05, 0) is 43.4 Å². The largest absolute Gasteiger partial charge is 0.471 e. The fourth-order valence-electron chi connectivity index (χ4n) is 5.48. The van der Waals surface area contributed by atoms with Crippen molar-refractivity contribution in [2.24, 2.45) is 23.2 Å². The van der Waals surface area contributed by atoms with Crippen molar-refractivity contribution in [2.45, 2.75) is 70.4 Å². The van der Waals surface area contributed by atoms with Gasteiger partial charge in [0.1, 0.15) is 18.1 Å². The number of carbonyl (C=O) groups is 4. The fourth-order valence-corrected chi connectivity index (χ4v) is 5.48. The first-order chi connectivity index (χ1) is 16.7. The Labute approximate surface area is 207 Å². The van der Waals surface area contributed by atoms with Crippen molar-refractivity contribution in [1.82, 2.24) is 20.9 Å². The molecule has 0 aromatic heterocycles. The summed E-state index contributed by atoms with van der Waals surface area (Å²) in [6, 6.07) is -1.70. The third-order valence-electron chi connectivity index (χ3n) is 7.80. The van der Waals surface area contributed by atoms with Gasteiger partial charge in [-0.25, -0.2) is 0 Å². The quantitative estimate of drug-likeness (QED) is 0.430. The molecule has 1 aliphatic carbocycles. The topological polar surface area (TPSA) is 141 Å². The van der Waals surface area contributed by atoms with E-state index >= 15 is 0 Å². The maximum absolute atomic E-state index is 13.4. The van der Waals surface area contributed by atoms with Gasteiger partial charge in [0, 0.05) is 26.1 Å². The number of carbonyl (C=O) groups excluding carboxylic acids is 4. The Kier molecular flexibility index (Phi) is 7.88. The molecule has 0 aromatic rings. The van der Waals surface area contributed by atoms with Crippen molar-refractivity contribution in [3.8, 4) is 6.07 Å². The smallest absolute Gasteiger partial charge is 0.379 e. The average Bonchev–Trinajstić information content (AvgIpc) is 3.15. The summed E-state index contributed by atoms with van der Waals surface area (Å²) in [6.07, 6.45) is -4.86. The lowest BCUT2D eigenvalue weighted by molar-refractivity contribution is -0.176.